The van der Waals surface area contributed by atoms with Crippen LogP contribution in [-0.2, 0) is 9.59 Å². The van der Waals surface area contributed by atoms with Crippen molar-refractivity contribution < 1.29 is 14.0 Å². The standard InChI is InChI=1S/C20H22FN3O2/c1-15-2-6-17(7-3-15)22-19(25)14-20(26)24-12-10-23(11-13-24)18-8-4-16(21)5-9-18/h2-9H,10-14H2,1H3,(H,22,25). The first-order valence-electron chi connectivity index (χ1n) is 8.66. The summed E-state index contributed by atoms with van der Waals surface area (Å²) in [4.78, 5) is 28.2. The molecule has 0 aromatic heterocycles. The molecule has 5 nitrogen and oxygen atoms in total. The van der Waals surface area contributed by atoms with Gasteiger partial charge in [-0.1, -0.05) is 17.7 Å². The van der Waals surface area contributed by atoms with E-state index in [0.29, 0.717) is 31.9 Å². The van der Waals surface area contributed by atoms with Crippen molar-refractivity contribution in [1.82, 2.24) is 4.90 Å². The van der Waals surface area contributed by atoms with Crippen LogP contribution in [0.5, 0.6) is 0 Å². The van der Waals surface area contributed by atoms with E-state index in [1.54, 1.807) is 17.0 Å². The lowest BCUT2D eigenvalue weighted by atomic mass is 10.2. The van der Waals surface area contributed by atoms with Crippen LogP contribution in [-0.4, -0.2) is 42.9 Å². The smallest absolute Gasteiger partial charge is 0.233 e. The second-order valence-electron chi connectivity index (χ2n) is 6.44. The molecule has 2 amide bonds. The second kappa shape index (κ2) is 7.99. The van der Waals surface area contributed by atoms with Crippen LogP contribution in [0, 0.1) is 12.7 Å². The Morgan fingerprint density at radius 3 is 2.19 bits per heavy atom. The maximum atomic E-state index is 13.0. The molecule has 1 aliphatic rings. The van der Waals surface area contributed by atoms with Crippen LogP contribution in [0.15, 0.2) is 48.5 Å². The average molecular weight is 355 g/mol. The third-order valence-electron chi connectivity index (χ3n) is 4.47. The Morgan fingerprint density at radius 2 is 1.58 bits per heavy atom. The van der Waals surface area contributed by atoms with E-state index < -0.39 is 0 Å². The largest absolute Gasteiger partial charge is 0.368 e. The number of halogens is 1. The van der Waals surface area contributed by atoms with Crippen LogP contribution in [0.1, 0.15) is 12.0 Å². The molecule has 0 spiro atoms. The van der Waals surface area contributed by atoms with Crippen molar-refractivity contribution >= 4 is 23.2 Å². The van der Waals surface area contributed by atoms with E-state index in [2.05, 4.69) is 10.2 Å². The number of hydrogen-bond acceptors (Lipinski definition) is 3. The molecule has 0 saturated carbocycles. The van der Waals surface area contributed by atoms with Gasteiger partial charge in [-0.25, -0.2) is 4.39 Å². The van der Waals surface area contributed by atoms with Crippen molar-refractivity contribution in [2.24, 2.45) is 0 Å². The summed E-state index contributed by atoms with van der Waals surface area (Å²) < 4.78 is 13.0. The van der Waals surface area contributed by atoms with Gasteiger partial charge in [-0.15, -0.1) is 0 Å². The molecule has 0 atom stereocenters. The van der Waals surface area contributed by atoms with Crippen molar-refractivity contribution in [3.63, 3.8) is 0 Å². The predicted molar refractivity (Wildman–Crippen MR) is 99.6 cm³/mol. The zero-order valence-corrected chi connectivity index (χ0v) is 14.7. The van der Waals surface area contributed by atoms with Gasteiger partial charge in [0.2, 0.25) is 11.8 Å². The van der Waals surface area contributed by atoms with Crippen molar-refractivity contribution in [2.45, 2.75) is 13.3 Å². The summed E-state index contributed by atoms with van der Waals surface area (Å²) in [6.07, 6.45) is -0.162. The first kappa shape index (κ1) is 17.9. The Hall–Kier alpha value is -2.89. The Bertz CT molecular complexity index is 767. The molecule has 0 aliphatic carbocycles. The van der Waals surface area contributed by atoms with Crippen molar-refractivity contribution in [2.75, 3.05) is 36.4 Å². The monoisotopic (exact) mass is 355 g/mol. The molecule has 26 heavy (non-hydrogen) atoms. The van der Waals surface area contributed by atoms with Gasteiger partial charge in [0.25, 0.3) is 0 Å². The van der Waals surface area contributed by atoms with E-state index in [0.717, 1.165) is 11.3 Å². The average Bonchev–Trinajstić information content (AvgIpc) is 2.64. The summed E-state index contributed by atoms with van der Waals surface area (Å²) in [5, 5.41) is 2.75. The van der Waals surface area contributed by atoms with Gasteiger partial charge in [-0.05, 0) is 43.3 Å². The van der Waals surface area contributed by atoms with Crippen LogP contribution in [0.3, 0.4) is 0 Å². The lowest BCUT2D eigenvalue weighted by Gasteiger charge is -2.36. The van der Waals surface area contributed by atoms with E-state index in [4.69, 9.17) is 0 Å². The number of hydrogen-bond donors (Lipinski definition) is 1. The first-order chi connectivity index (χ1) is 12.5. The lowest BCUT2D eigenvalue weighted by Crippen LogP contribution is -2.49. The van der Waals surface area contributed by atoms with Crippen LogP contribution in [0.2, 0.25) is 0 Å². The number of nitrogens with zero attached hydrogens (tertiary/aromatic N) is 2. The van der Waals surface area contributed by atoms with Gasteiger partial charge in [0.05, 0.1) is 0 Å². The van der Waals surface area contributed by atoms with E-state index in [9.17, 15) is 14.0 Å². The number of nitrogens with one attached hydrogen (secondary N) is 1. The lowest BCUT2D eigenvalue weighted by molar-refractivity contribution is -0.134. The molecule has 3 rings (SSSR count). The van der Waals surface area contributed by atoms with Gasteiger partial charge >= 0.3 is 0 Å². The highest BCUT2D eigenvalue weighted by molar-refractivity contribution is 6.03. The van der Waals surface area contributed by atoms with Gasteiger partial charge < -0.3 is 15.1 Å². The van der Waals surface area contributed by atoms with E-state index in [-0.39, 0.29) is 24.1 Å². The number of carbonyl (C=O) groups is 2. The molecule has 1 saturated heterocycles. The quantitative estimate of drug-likeness (QED) is 0.858. The minimum Gasteiger partial charge on any atom is -0.368 e. The molecule has 1 heterocycles. The normalized spacial score (nSPS) is 14.2. The van der Waals surface area contributed by atoms with Gasteiger partial charge in [-0.3, -0.25) is 9.59 Å². The SMILES string of the molecule is Cc1ccc(NC(=O)CC(=O)N2CCN(c3ccc(F)cc3)CC2)cc1. The van der Waals surface area contributed by atoms with Crippen LogP contribution >= 0.6 is 0 Å². The van der Waals surface area contributed by atoms with Gasteiger partial charge in [0.1, 0.15) is 12.2 Å². The Labute approximate surface area is 152 Å². The predicted octanol–water partition coefficient (Wildman–Crippen LogP) is 2.81. The fourth-order valence-electron chi connectivity index (χ4n) is 2.96. The van der Waals surface area contributed by atoms with E-state index in [1.165, 1.54) is 12.1 Å². The molecule has 136 valence electrons. The molecule has 1 fully saturated rings. The molecule has 0 unspecified atom stereocenters. The summed E-state index contributed by atoms with van der Waals surface area (Å²) in [7, 11) is 0. The molecule has 0 bridgehead atoms. The van der Waals surface area contributed by atoms with Gasteiger partial charge in [0.15, 0.2) is 0 Å². The number of rotatable bonds is 4. The summed E-state index contributed by atoms with van der Waals surface area (Å²) in [6.45, 7) is 4.40. The highest BCUT2D eigenvalue weighted by Gasteiger charge is 2.23. The maximum Gasteiger partial charge on any atom is 0.233 e. The maximum absolute atomic E-state index is 13.0. The van der Waals surface area contributed by atoms with Gasteiger partial charge in [-0.2, -0.15) is 0 Å². The number of piperazine rings is 1. The number of benzene rings is 2. The Morgan fingerprint density at radius 1 is 0.962 bits per heavy atom. The fraction of sp³-hybridized carbons (Fsp3) is 0.300. The van der Waals surface area contributed by atoms with Crippen molar-refractivity contribution in [3.05, 3.63) is 59.9 Å². The Balaban J connectivity index is 1.48. The summed E-state index contributed by atoms with van der Waals surface area (Å²) in [5.74, 6) is -0.740. The molecule has 2 aromatic carbocycles. The topological polar surface area (TPSA) is 52.7 Å². The minimum atomic E-state index is -0.306. The number of anilines is 2. The van der Waals surface area contributed by atoms with Crippen molar-refractivity contribution in [3.8, 4) is 0 Å². The van der Waals surface area contributed by atoms with Crippen LogP contribution in [0.25, 0.3) is 0 Å². The fourth-order valence-corrected chi connectivity index (χ4v) is 2.96. The van der Waals surface area contributed by atoms with E-state index >= 15 is 0 Å². The van der Waals surface area contributed by atoms with Crippen LogP contribution in [0.4, 0.5) is 15.8 Å². The summed E-state index contributed by atoms with van der Waals surface area (Å²) in [5.41, 5.74) is 2.74. The zero-order valence-electron chi connectivity index (χ0n) is 14.7. The molecule has 1 aliphatic heterocycles. The zero-order chi connectivity index (χ0) is 18.5. The first-order valence-corrected chi connectivity index (χ1v) is 8.66. The Kier molecular flexibility index (Phi) is 5.51. The third-order valence-corrected chi connectivity index (χ3v) is 4.47. The number of carbonyl (C=O) groups excluding carboxylic acids is 2. The minimum absolute atomic E-state index is 0.162. The third kappa shape index (κ3) is 4.59. The molecule has 1 N–H and O–H groups in total. The van der Waals surface area contributed by atoms with Gasteiger partial charge in [0, 0.05) is 37.6 Å². The number of aryl methyl sites for hydroxylation is 1. The van der Waals surface area contributed by atoms with E-state index in [1.807, 2.05) is 31.2 Å². The molecular weight excluding hydrogens is 333 g/mol. The summed E-state index contributed by atoms with van der Waals surface area (Å²) >= 11 is 0. The molecule has 6 heteroatoms. The highest BCUT2D eigenvalue weighted by atomic mass is 19.1. The molecule has 2 aromatic rings. The number of amides is 2. The summed E-state index contributed by atoms with van der Waals surface area (Å²) in [6, 6.07) is 13.8. The van der Waals surface area contributed by atoms with Crippen LogP contribution < -0.4 is 10.2 Å². The second-order valence-corrected chi connectivity index (χ2v) is 6.44. The van der Waals surface area contributed by atoms with Crippen molar-refractivity contribution in [1.29, 1.82) is 0 Å². The molecular formula is C20H22FN3O2. The molecule has 0 radical (unpaired) electrons. The highest BCUT2D eigenvalue weighted by Crippen LogP contribution is 2.17.